The van der Waals surface area contributed by atoms with E-state index >= 15 is 0 Å². The first-order valence-corrected chi connectivity index (χ1v) is 10.5. The highest BCUT2D eigenvalue weighted by Gasteiger charge is 2.30. The number of piperidine rings is 1. The van der Waals surface area contributed by atoms with Crippen LogP contribution in [0.15, 0.2) is 12.1 Å². The maximum Gasteiger partial charge on any atom is 0.226 e. The molecule has 0 bridgehead atoms. The number of benzene rings is 1. The molecule has 2 fully saturated rings. The van der Waals surface area contributed by atoms with Crippen LogP contribution in [0.2, 0.25) is 0 Å². The minimum atomic E-state index is 0.109. The van der Waals surface area contributed by atoms with E-state index in [2.05, 4.69) is 9.80 Å². The molecule has 0 aromatic heterocycles. The van der Waals surface area contributed by atoms with Crippen LogP contribution in [0.4, 0.5) is 0 Å². The Balaban J connectivity index is 1.68. The van der Waals surface area contributed by atoms with Crippen LogP contribution in [0, 0.1) is 5.92 Å². The van der Waals surface area contributed by atoms with Crippen molar-refractivity contribution in [1.82, 2.24) is 9.80 Å². The van der Waals surface area contributed by atoms with E-state index in [0.717, 1.165) is 69.7 Å². The molecule has 6 heteroatoms. The molecule has 1 aromatic carbocycles. The Morgan fingerprint density at radius 1 is 0.893 bits per heavy atom. The fraction of sp³-hybridized carbons (Fsp3) is 0.682. The van der Waals surface area contributed by atoms with Gasteiger partial charge in [-0.1, -0.05) is 12.8 Å². The van der Waals surface area contributed by atoms with Gasteiger partial charge in [0.05, 0.1) is 27.2 Å². The minimum Gasteiger partial charge on any atom is -0.496 e. The molecular formula is C22H34N2O4. The predicted octanol–water partition coefficient (Wildman–Crippen LogP) is 3.33. The van der Waals surface area contributed by atoms with Gasteiger partial charge >= 0.3 is 0 Å². The zero-order valence-electron chi connectivity index (χ0n) is 17.5. The van der Waals surface area contributed by atoms with Gasteiger partial charge in [-0.3, -0.25) is 9.69 Å². The van der Waals surface area contributed by atoms with E-state index in [1.54, 1.807) is 21.3 Å². The van der Waals surface area contributed by atoms with E-state index in [1.807, 2.05) is 12.1 Å². The van der Waals surface area contributed by atoms with E-state index in [4.69, 9.17) is 14.2 Å². The third-order valence-corrected chi connectivity index (χ3v) is 5.95. The Kier molecular flexibility index (Phi) is 7.43. The third-order valence-electron chi connectivity index (χ3n) is 5.95. The number of rotatable bonds is 6. The van der Waals surface area contributed by atoms with Gasteiger partial charge in [0, 0.05) is 37.8 Å². The second-order valence-corrected chi connectivity index (χ2v) is 7.83. The standard InChI is InChI=1S/C22H34N2O4/c1-26-19-14-21(28-3)20(27-2)13-18(19)16-23-10-8-9-17(15-23)22(25)24-11-6-4-5-7-12-24/h13-14,17H,4-12,15-16H2,1-3H3. The molecule has 6 nitrogen and oxygen atoms in total. The number of carbonyl (C=O) groups excluding carboxylic acids is 1. The van der Waals surface area contributed by atoms with Gasteiger partial charge in [-0.15, -0.1) is 0 Å². The van der Waals surface area contributed by atoms with Crippen molar-refractivity contribution >= 4 is 5.91 Å². The van der Waals surface area contributed by atoms with E-state index in [1.165, 1.54) is 12.8 Å². The van der Waals surface area contributed by atoms with Crippen LogP contribution in [0.3, 0.4) is 0 Å². The summed E-state index contributed by atoms with van der Waals surface area (Å²) in [6.45, 7) is 4.42. The number of carbonyl (C=O) groups is 1. The predicted molar refractivity (Wildman–Crippen MR) is 109 cm³/mol. The molecule has 0 spiro atoms. The van der Waals surface area contributed by atoms with Crippen molar-refractivity contribution in [1.29, 1.82) is 0 Å². The summed E-state index contributed by atoms with van der Waals surface area (Å²) in [5.41, 5.74) is 1.06. The largest absolute Gasteiger partial charge is 0.496 e. The molecule has 0 radical (unpaired) electrons. The first-order valence-electron chi connectivity index (χ1n) is 10.5. The number of likely N-dealkylation sites (tertiary alicyclic amines) is 2. The first-order chi connectivity index (χ1) is 13.7. The molecule has 2 aliphatic heterocycles. The molecule has 3 rings (SSSR count). The highest BCUT2D eigenvalue weighted by Crippen LogP contribution is 2.35. The highest BCUT2D eigenvalue weighted by molar-refractivity contribution is 5.79. The van der Waals surface area contributed by atoms with Crippen molar-refractivity contribution in [3.05, 3.63) is 17.7 Å². The summed E-state index contributed by atoms with van der Waals surface area (Å²) in [6, 6.07) is 3.86. The molecule has 1 atom stereocenters. The Hall–Kier alpha value is -1.95. The van der Waals surface area contributed by atoms with Gasteiger partial charge < -0.3 is 19.1 Å². The lowest BCUT2D eigenvalue weighted by Crippen LogP contribution is -2.44. The number of hydrogen-bond acceptors (Lipinski definition) is 5. The second kappa shape index (κ2) is 10.0. The lowest BCUT2D eigenvalue weighted by Gasteiger charge is -2.35. The maximum atomic E-state index is 13.0. The molecule has 1 unspecified atom stereocenters. The van der Waals surface area contributed by atoms with Gasteiger partial charge in [-0.05, 0) is 38.3 Å². The number of nitrogens with zero attached hydrogens (tertiary/aromatic N) is 2. The second-order valence-electron chi connectivity index (χ2n) is 7.83. The molecule has 28 heavy (non-hydrogen) atoms. The Bertz CT molecular complexity index is 656. The highest BCUT2D eigenvalue weighted by atomic mass is 16.5. The Morgan fingerprint density at radius 3 is 2.18 bits per heavy atom. The molecule has 1 amide bonds. The zero-order valence-corrected chi connectivity index (χ0v) is 17.5. The smallest absolute Gasteiger partial charge is 0.226 e. The molecular weight excluding hydrogens is 356 g/mol. The van der Waals surface area contributed by atoms with Gasteiger partial charge in [-0.25, -0.2) is 0 Å². The molecule has 0 N–H and O–H groups in total. The number of amides is 1. The van der Waals surface area contributed by atoms with Crippen LogP contribution in [-0.2, 0) is 11.3 Å². The maximum absolute atomic E-state index is 13.0. The van der Waals surface area contributed by atoms with Crippen molar-refractivity contribution in [2.75, 3.05) is 47.5 Å². The number of ether oxygens (including phenoxy) is 3. The molecule has 2 saturated heterocycles. The van der Waals surface area contributed by atoms with Crippen molar-refractivity contribution < 1.29 is 19.0 Å². The lowest BCUT2D eigenvalue weighted by molar-refractivity contribution is -0.137. The van der Waals surface area contributed by atoms with Crippen LogP contribution in [0.1, 0.15) is 44.1 Å². The van der Waals surface area contributed by atoms with Crippen LogP contribution in [-0.4, -0.2) is 63.2 Å². The minimum absolute atomic E-state index is 0.109. The quantitative estimate of drug-likeness (QED) is 0.746. The fourth-order valence-electron chi connectivity index (χ4n) is 4.41. The fourth-order valence-corrected chi connectivity index (χ4v) is 4.41. The summed E-state index contributed by atoms with van der Waals surface area (Å²) in [5.74, 6) is 2.62. The first kappa shape index (κ1) is 20.8. The van der Waals surface area contributed by atoms with E-state index in [9.17, 15) is 4.79 Å². The van der Waals surface area contributed by atoms with Crippen LogP contribution < -0.4 is 14.2 Å². The van der Waals surface area contributed by atoms with Crippen LogP contribution in [0.25, 0.3) is 0 Å². The molecule has 2 heterocycles. The normalized spacial score (nSPS) is 21.1. The number of methoxy groups -OCH3 is 3. The summed E-state index contributed by atoms with van der Waals surface area (Å²) in [5, 5.41) is 0. The average Bonchev–Trinajstić information content (AvgIpc) is 3.02. The van der Waals surface area contributed by atoms with Crippen molar-refractivity contribution in [2.24, 2.45) is 5.92 Å². The lowest BCUT2D eigenvalue weighted by atomic mass is 9.95. The Labute approximate surface area is 168 Å². The summed E-state index contributed by atoms with van der Waals surface area (Å²) < 4.78 is 16.4. The summed E-state index contributed by atoms with van der Waals surface area (Å²) in [6.07, 6.45) is 6.84. The summed E-state index contributed by atoms with van der Waals surface area (Å²) >= 11 is 0. The van der Waals surface area contributed by atoms with Crippen molar-refractivity contribution in [3.8, 4) is 17.2 Å². The van der Waals surface area contributed by atoms with Gasteiger partial charge in [0.1, 0.15) is 5.75 Å². The van der Waals surface area contributed by atoms with E-state index in [-0.39, 0.29) is 5.92 Å². The van der Waals surface area contributed by atoms with Crippen molar-refractivity contribution in [2.45, 2.75) is 45.1 Å². The summed E-state index contributed by atoms with van der Waals surface area (Å²) in [7, 11) is 4.94. The monoisotopic (exact) mass is 390 g/mol. The number of hydrogen-bond donors (Lipinski definition) is 0. The molecule has 1 aromatic rings. The summed E-state index contributed by atoms with van der Waals surface area (Å²) in [4.78, 5) is 17.5. The van der Waals surface area contributed by atoms with Gasteiger partial charge in [0.25, 0.3) is 0 Å². The molecule has 0 saturated carbocycles. The van der Waals surface area contributed by atoms with Crippen LogP contribution in [0.5, 0.6) is 17.2 Å². The molecule has 156 valence electrons. The van der Waals surface area contributed by atoms with Crippen molar-refractivity contribution in [3.63, 3.8) is 0 Å². The van der Waals surface area contributed by atoms with E-state index in [0.29, 0.717) is 17.4 Å². The topological polar surface area (TPSA) is 51.2 Å². The van der Waals surface area contributed by atoms with Gasteiger partial charge in [0.2, 0.25) is 5.91 Å². The Morgan fingerprint density at radius 2 is 1.54 bits per heavy atom. The molecule has 2 aliphatic rings. The average molecular weight is 391 g/mol. The van der Waals surface area contributed by atoms with Gasteiger partial charge in [0.15, 0.2) is 11.5 Å². The SMILES string of the molecule is COc1cc(OC)c(OC)cc1CN1CCCC(C(=O)N2CCCCCC2)C1. The van der Waals surface area contributed by atoms with Crippen LogP contribution >= 0.6 is 0 Å². The van der Waals surface area contributed by atoms with E-state index < -0.39 is 0 Å². The van der Waals surface area contributed by atoms with Gasteiger partial charge in [-0.2, -0.15) is 0 Å². The zero-order chi connectivity index (χ0) is 19.9. The molecule has 0 aliphatic carbocycles. The third kappa shape index (κ3) is 4.90.